The lowest BCUT2D eigenvalue weighted by Gasteiger charge is -2.29. The molecule has 0 aliphatic carbocycles. The SMILES string of the molecule is N#C[C@H](OCc1ccccc1)[C@@H](OCc1ccccc1)[C@@H](CBr)OCc1ccccc1. The fraction of sp³-hybridized carbons (Fsp3) is 0.269. The lowest BCUT2D eigenvalue weighted by Crippen LogP contribution is -2.43. The first-order valence-corrected chi connectivity index (χ1v) is 11.3. The monoisotopic (exact) mass is 479 g/mol. The molecule has 0 amide bonds. The van der Waals surface area contributed by atoms with Crippen LogP contribution in [0.3, 0.4) is 0 Å². The molecule has 0 aromatic heterocycles. The van der Waals surface area contributed by atoms with Gasteiger partial charge in [0, 0.05) is 5.33 Å². The molecule has 0 fully saturated rings. The maximum Gasteiger partial charge on any atom is 0.172 e. The fourth-order valence-electron chi connectivity index (χ4n) is 3.13. The minimum atomic E-state index is -0.776. The summed E-state index contributed by atoms with van der Waals surface area (Å²) in [5.41, 5.74) is 3.10. The van der Waals surface area contributed by atoms with Gasteiger partial charge in [0.15, 0.2) is 6.10 Å². The van der Waals surface area contributed by atoms with Gasteiger partial charge >= 0.3 is 0 Å². The van der Waals surface area contributed by atoms with Gasteiger partial charge < -0.3 is 14.2 Å². The summed E-state index contributed by atoms with van der Waals surface area (Å²) in [4.78, 5) is 0. The molecule has 31 heavy (non-hydrogen) atoms. The van der Waals surface area contributed by atoms with Crippen molar-refractivity contribution in [1.29, 1.82) is 5.26 Å². The van der Waals surface area contributed by atoms with E-state index in [0.717, 1.165) is 16.7 Å². The van der Waals surface area contributed by atoms with Crippen molar-refractivity contribution in [2.24, 2.45) is 0 Å². The Kier molecular flexibility index (Phi) is 9.75. The molecule has 0 aliphatic rings. The van der Waals surface area contributed by atoms with Crippen molar-refractivity contribution in [3.63, 3.8) is 0 Å². The number of nitriles is 1. The number of rotatable bonds is 12. The van der Waals surface area contributed by atoms with Crippen molar-refractivity contribution in [3.8, 4) is 6.07 Å². The lowest BCUT2D eigenvalue weighted by atomic mass is 10.1. The summed E-state index contributed by atoms with van der Waals surface area (Å²) >= 11 is 3.54. The number of ether oxygens (including phenoxy) is 3. The maximum absolute atomic E-state index is 9.88. The van der Waals surface area contributed by atoms with Crippen molar-refractivity contribution >= 4 is 15.9 Å². The van der Waals surface area contributed by atoms with Crippen LogP contribution in [0.2, 0.25) is 0 Å². The fourth-order valence-corrected chi connectivity index (χ4v) is 3.68. The molecule has 3 aromatic carbocycles. The van der Waals surface area contributed by atoms with E-state index in [0.29, 0.717) is 25.2 Å². The standard InChI is InChI=1S/C26H26BrNO3/c27-16-24(29-18-21-10-4-1-5-11-21)26(31-20-23-14-8-3-9-15-23)25(17-28)30-19-22-12-6-2-7-13-22/h1-15,24-26H,16,18-20H2/t24-,25+,26+/m1/s1. The minimum absolute atomic E-state index is 0.331. The summed E-state index contributed by atoms with van der Waals surface area (Å²) in [6, 6.07) is 31.9. The molecule has 0 saturated heterocycles. The Labute approximate surface area is 192 Å². The first-order valence-electron chi connectivity index (χ1n) is 10.2. The number of nitrogens with zero attached hydrogens (tertiary/aromatic N) is 1. The first-order chi connectivity index (χ1) is 15.3. The van der Waals surface area contributed by atoms with E-state index in [1.54, 1.807) is 0 Å². The van der Waals surface area contributed by atoms with Crippen LogP contribution in [0.15, 0.2) is 91.0 Å². The molecular weight excluding hydrogens is 454 g/mol. The Morgan fingerprint density at radius 1 is 0.645 bits per heavy atom. The zero-order valence-corrected chi connectivity index (χ0v) is 18.9. The van der Waals surface area contributed by atoms with E-state index in [9.17, 15) is 5.26 Å². The van der Waals surface area contributed by atoms with Gasteiger partial charge in [-0.3, -0.25) is 0 Å². The van der Waals surface area contributed by atoms with E-state index in [4.69, 9.17) is 14.2 Å². The molecule has 3 rings (SSSR count). The molecular formula is C26H26BrNO3. The van der Waals surface area contributed by atoms with E-state index < -0.39 is 12.2 Å². The first kappa shape index (κ1) is 23.2. The topological polar surface area (TPSA) is 51.5 Å². The Morgan fingerprint density at radius 3 is 1.48 bits per heavy atom. The molecule has 0 unspecified atom stereocenters. The van der Waals surface area contributed by atoms with Crippen LogP contribution in [0, 0.1) is 11.3 Å². The van der Waals surface area contributed by atoms with Crippen LogP contribution in [0.1, 0.15) is 16.7 Å². The largest absolute Gasteiger partial charge is 0.370 e. The van der Waals surface area contributed by atoms with Crippen LogP contribution in [0.5, 0.6) is 0 Å². The summed E-state index contributed by atoms with van der Waals surface area (Å²) in [6.07, 6.45) is -1.69. The van der Waals surface area contributed by atoms with Crippen LogP contribution in [0.25, 0.3) is 0 Å². The van der Waals surface area contributed by atoms with E-state index in [1.165, 1.54) is 0 Å². The molecule has 4 nitrogen and oxygen atoms in total. The molecule has 0 aliphatic heterocycles. The Balaban J connectivity index is 1.71. The molecule has 0 bridgehead atoms. The third kappa shape index (κ3) is 7.61. The molecule has 3 atom stereocenters. The van der Waals surface area contributed by atoms with Crippen molar-refractivity contribution in [3.05, 3.63) is 108 Å². The van der Waals surface area contributed by atoms with Crippen LogP contribution in [-0.2, 0) is 34.0 Å². The highest BCUT2D eigenvalue weighted by Crippen LogP contribution is 2.19. The average molecular weight is 480 g/mol. The molecule has 3 aromatic rings. The molecule has 160 valence electrons. The van der Waals surface area contributed by atoms with Gasteiger partial charge in [-0.15, -0.1) is 0 Å². The van der Waals surface area contributed by atoms with Crippen molar-refractivity contribution < 1.29 is 14.2 Å². The third-order valence-electron chi connectivity index (χ3n) is 4.81. The Bertz CT molecular complexity index is 916. The number of halogens is 1. The maximum atomic E-state index is 9.88. The second-order valence-corrected chi connectivity index (χ2v) is 7.74. The van der Waals surface area contributed by atoms with Crippen LogP contribution in [0.4, 0.5) is 0 Å². The highest BCUT2D eigenvalue weighted by Gasteiger charge is 2.32. The Morgan fingerprint density at radius 2 is 1.06 bits per heavy atom. The van der Waals surface area contributed by atoms with Crippen LogP contribution in [-0.4, -0.2) is 23.6 Å². The van der Waals surface area contributed by atoms with E-state index in [2.05, 4.69) is 22.0 Å². The molecule has 5 heteroatoms. The smallest absolute Gasteiger partial charge is 0.172 e. The van der Waals surface area contributed by atoms with Crippen molar-refractivity contribution in [2.45, 2.75) is 38.1 Å². The summed E-state index contributed by atoms with van der Waals surface area (Å²) < 4.78 is 18.3. The minimum Gasteiger partial charge on any atom is -0.370 e. The number of benzene rings is 3. The second kappa shape index (κ2) is 13.0. The molecule has 0 saturated carbocycles. The van der Waals surface area contributed by atoms with Gasteiger partial charge in [-0.05, 0) is 16.7 Å². The highest BCUT2D eigenvalue weighted by molar-refractivity contribution is 9.09. The number of alkyl halides is 1. The predicted octanol–water partition coefficient (Wildman–Crippen LogP) is 5.66. The van der Waals surface area contributed by atoms with Gasteiger partial charge in [-0.2, -0.15) is 5.26 Å². The number of hydrogen-bond acceptors (Lipinski definition) is 4. The van der Waals surface area contributed by atoms with E-state index in [-0.39, 0.29) is 6.10 Å². The molecule has 0 heterocycles. The number of hydrogen-bond donors (Lipinski definition) is 0. The molecule has 0 N–H and O–H groups in total. The summed E-state index contributed by atoms with van der Waals surface area (Å²) in [6.45, 7) is 1.13. The Hall–Kier alpha value is -2.49. The van der Waals surface area contributed by atoms with Gasteiger partial charge in [-0.1, -0.05) is 107 Å². The lowest BCUT2D eigenvalue weighted by molar-refractivity contribution is -0.128. The van der Waals surface area contributed by atoms with Crippen LogP contribution < -0.4 is 0 Å². The zero-order valence-electron chi connectivity index (χ0n) is 17.3. The van der Waals surface area contributed by atoms with E-state index >= 15 is 0 Å². The van der Waals surface area contributed by atoms with Crippen molar-refractivity contribution in [2.75, 3.05) is 5.33 Å². The summed E-state index contributed by atoms with van der Waals surface area (Å²) in [5, 5.41) is 10.4. The predicted molar refractivity (Wildman–Crippen MR) is 124 cm³/mol. The third-order valence-corrected chi connectivity index (χ3v) is 5.45. The normalized spacial score (nSPS) is 13.8. The van der Waals surface area contributed by atoms with Gasteiger partial charge in [0.1, 0.15) is 6.10 Å². The van der Waals surface area contributed by atoms with Gasteiger partial charge in [0.25, 0.3) is 0 Å². The summed E-state index contributed by atoms with van der Waals surface area (Å²) in [7, 11) is 0. The van der Waals surface area contributed by atoms with Crippen molar-refractivity contribution in [1.82, 2.24) is 0 Å². The van der Waals surface area contributed by atoms with E-state index in [1.807, 2.05) is 91.0 Å². The van der Waals surface area contributed by atoms with Crippen LogP contribution >= 0.6 is 15.9 Å². The second-order valence-electron chi connectivity index (χ2n) is 7.10. The summed E-state index contributed by atoms with van der Waals surface area (Å²) in [5.74, 6) is 0. The highest BCUT2D eigenvalue weighted by atomic mass is 79.9. The van der Waals surface area contributed by atoms with Gasteiger partial charge in [-0.25, -0.2) is 0 Å². The zero-order chi connectivity index (χ0) is 21.7. The molecule has 0 spiro atoms. The van der Waals surface area contributed by atoms with Gasteiger partial charge in [0.05, 0.1) is 32.0 Å². The average Bonchev–Trinajstić information content (AvgIpc) is 2.84. The quantitative estimate of drug-likeness (QED) is 0.314. The molecule has 0 radical (unpaired) electrons. The van der Waals surface area contributed by atoms with Gasteiger partial charge in [0.2, 0.25) is 0 Å².